The number of ether oxygens (including phenoxy) is 1. The fourth-order valence-corrected chi connectivity index (χ4v) is 3.52. The summed E-state index contributed by atoms with van der Waals surface area (Å²) in [6.45, 7) is 8.91. The topological polar surface area (TPSA) is 79.5 Å². The summed E-state index contributed by atoms with van der Waals surface area (Å²) in [6.07, 6.45) is 4.80. The van der Waals surface area contributed by atoms with Crippen LogP contribution in [0.4, 0.5) is 4.79 Å². The number of hydrogen-bond donors (Lipinski definition) is 3. The molecule has 2 atom stereocenters. The van der Waals surface area contributed by atoms with Gasteiger partial charge >= 0.3 is 12.0 Å². The van der Waals surface area contributed by atoms with Crippen molar-refractivity contribution in [2.75, 3.05) is 13.2 Å². The third-order valence-corrected chi connectivity index (χ3v) is 4.90. The summed E-state index contributed by atoms with van der Waals surface area (Å²) in [4.78, 5) is 24.0. The number of nitrogens with one attached hydrogen (secondary N) is 3. The predicted molar refractivity (Wildman–Crippen MR) is 88.8 cm³/mol. The van der Waals surface area contributed by atoms with Crippen LogP contribution in [0.1, 0.15) is 53.4 Å². The van der Waals surface area contributed by atoms with Crippen molar-refractivity contribution in [3.63, 3.8) is 0 Å². The van der Waals surface area contributed by atoms with Crippen LogP contribution in [-0.4, -0.2) is 37.2 Å². The van der Waals surface area contributed by atoms with Crippen molar-refractivity contribution in [1.29, 1.82) is 0 Å². The minimum atomic E-state index is -0.368. The van der Waals surface area contributed by atoms with Gasteiger partial charge in [0, 0.05) is 18.3 Å². The second-order valence-corrected chi connectivity index (χ2v) is 7.10. The highest BCUT2D eigenvalue weighted by Gasteiger charge is 2.34. The van der Waals surface area contributed by atoms with Gasteiger partial charge in [0.25, 0.3) is 0 Å². The van der Waals surface area contributed by atoms with E-state index >= 15 is 0 Å². The van der Waals surface area contributed by atoms with Crippen LogP contribution in [0.25, 0.3) is 0 Å². The quantitative estimate of drug-likeness (QED) is 0.677. The molecule has 6 heteroatoms. The van der Waals surface area contributed by atoms with E-state index in [1.807, 2.05) is 0 Å². The summed E-state index contributed by atoms with van der Waals surface area (Å²) in [7, 11) is 0. The second kappa shape index (κ2) is 7.34. The van der Waals surface area contributed by atoms with Crippen LogP contribution >= 0.6 is 0 Å². The molecule has 3 N–H and O–H groups in total. The van der Waals surface area contributed by atoms with E-state index in [1.54, 1.807) is 13.8 Å². The lowest BCUT2D eigenvalue weighted by molar-refractivity contribution is -0.139. The molecule has 2 aliphatic rings. The molecule has 2 rings (SSSR count). The Morgan fingerprint density at radius 2 is 2.13 bits per heavy atom. The van der Waals surface area contributed by atoms with Crippen molar-refractivity contribution in [2.24, 2.45) is 5.41 Å². The molecule has 1 aliphatic heterocycles. The predicted octanol–water partition coefficient (Wildman–Crippen LogP) is 2.06. The van der Waals surface area contributed by atoms with Gasteiger partial charge in [-0.05, 0) is 32.1 Å². The van der Waals surface area contributed by atoms with Crippen molar-refractivity contribution in [3.8, 4) is 0 Å². The van der Waals surface area contributed by atoms with Gasteiger partial charge in [0.1, 0.15) is 0 Å². The minimum absolute atomic E-state index is 0.228. The van der Waals surface area contributed by atoms with Gasteiger partial charge in [0.2, 0.25) is 0 Å². The van der Waals surface area contributed by atoms with E-state index in [9.17, 15) is 9.59 Å². The Labute approximate surface area is 138 Å². The second-order valence-electron chi connectivity index (χ2n) is 7.10. The van der Waals surface area contributed by atoms with Gasteiger partial charge in [-0.2, -0.15) is 0 Å². The first-order valence-electron chi connectivity index (χ1n) is 8.56. The maximum atomic E-state index is 12.2. The molecule has 0 aromatic heterocycles. The monoisotopic (exact) mass is 323 g/mol. The first kappa shape index (κ1) is 17.8. The van der Waals surface area contributed by atoms with Gasteiger partial charge < -0.3 is 20.7 Å². The molecule has 0 unspecified atom stereocenters. The molecule has 130 valence electrons. The summed E-state index contributed by atoms with van der Waals surface area (Å²) in [5.41, 5.74) is 1.36. The smallest absolute Gasteiger partial charge is 0.337 e. The first-order valence-corrected chi connectivity index (χ1v) is 8.56. The van der Waals surface area contributed by atoms with E-state index < -0.39 is 0 Å². The fraction of sp³-hybridized carbons (Fsp3) is 0.765. The largest absolute Gasteiger partial charge is 0.463 e. The van der Waals surface area contributed by atoms with Crippen molar-refractivity contribution in [1.82, 2.24) is 16.0 Å². The summed E-state index contributed by atoms with van der Waals surface area (Å²) < 4.78 is 5.13. The molecule has 6 nitrogen and oxygen atoms in total. The molecular formula is C17H29N3O3. The maximum Gasteiger partial charge on any atom is 0.337 e. The normalized spacial score (nSPS) is 27.2. The van der Waals surface area contributed by atoms with Gasteiger partial charge in [-0.15, -0.1) is 0 Å². The number of carbonyl (C=O) groups is 2. The van der Waals surface area contributed by atoms with Gasteiger partial charge in [-0.3, -0.25) is 0 Å². The third-order valence-electron chi connectivity index (χ3n) is 4.90. The van der Waals surface area contributed by atoms with Crippen molar-refractivity contribution in [3.05, 3.63) is 11.3 Å². The molecule has 1 saturated carbocycles. The lowest BCUT2D eigenvalue weighted by Gasteiger charge is -2.40. The van der Waals surface area contributed by atoms with Gasteiger partial charge in [0.15, 0.2) is 0 Å². The standard InChI is InChI=1S/C17H29N3O3/c1-5-23-15(21)14-11(2)19-16(22)20-12(14)10-18-13-8-6-7-9-17(13,3)4/h11,13,18H,5-10H2,1-4H3,(H2,19,20,22)/t11-,13+/m0/s1. The van der Waals surface area contributed by atoms with E-state index in [1.165, 1.54) is 19.3 Å². The zero-order valence-electron chi connectivity index (χ0n) is 14.6. The lowest BCUT2D eigenvalue weighted by Crippen LogP contribution is -2.52. The first-order chi connectivity index (χ1) is 10.8. The van der Waals surface area contributed by atoms with Crippen LogP contribution in [0.2, 0.25) is 0 Å². The Hall–Kier alpha value is -1.56. The number of esters is 1. The Kier molecular flexibility index (Phi) is 5.68. The number of hydrogen-bond acceptors (Lipinski definition) is 4. The molecular weight excluding hydrogens is 294 g/mol. The fourth-order valence-electron chi connectivity index (χ4n) is 3.52. The summed E-state index contributed by atoms with van der Waals surface area (Å²) in [6, 6.07) is -0.237. The van der Waals surface area contributed by atoms with Gasteiger partial charge in [-0.1, -0.05) is 26.7 Å². The minimum Gasteiger partial charge on any atom is -0.463 e. The third kappa shape index (κ3) is 4.25. The number of rotatable bonds is 5. The van der Waals surface area contributed by atoms with Crippen LogP contribution in [-0.2, 0) is 9.53 Å². The maximum absolute atomic E-state index is 12.2. The lowest BCUT2D eigenvalue weighted by atomic mass is 9.73. The number of urea groups is 1. The molecule has 0 radical (unpaired) electrons. The molecule has 0 saturated heterocycles. The molecule has 2 amide bonds. The highest BCUT2D eigenvalue weighted by Crippen LogP contribution is 2.35. The van der Waals surface area contributed by atoms with E-state index in [2.05, 4.69) is 29.8 Å². The Bertz CT molecular complexity index is 499. The van der Waals surface area contributed by atoms with Crippen molar-refractivity contribution < 1.29 is 14.3 Å². The zero-order valence-corrected chi connectivity index (χ0v) is 14.6. The Balaban J connectivity index is 2.13. The molecule has 0 bridgehead atoms. The van der Waals surface area contributed by atoms with E-state index in [4.69, 9.17) is 4.74 Å². The zero-order chi connectivity index (χ0) is 17.0. The number of carbonyl (C=O) groups excluding carboxylic acids is 2. The average Bonchev–Trinajstić information content (AvgIpc) is 2.45. The van der Waals surface area contributed by atoms with E-state index in [0.29, 0.717) is 30.5 Å². The van der Waals surface area contributed by atoms with Crippen LogP contribution in [0.15, 0.2) is 11.3 Å². The Morgan fingerprint density at radius 3 is 2.78 bits per heavy atom. The van der Waals surface area contributed by atoms with Crippen molar-refractivity contribution in [2.45, 2.75) is 65.5 Å². The average molecular weight is 323 g/mol. The summed E-state index contributed by atoms with van der Waals surface area (Å²) >= 11 is 0. The molecule has 0 aromatic rings. The van der Waals surface area contributed by atoms with E-state index in [0.717, 1.165) is 6.42 Å². The number of amides is 2. The van der Waals surface area contributed by atoms with Crippen LogP contribution in [0.5, 0.6) is 0 Å². The summed E-state index contributed by atoms with van der Waals surface area (Å²) in [5.74, 6) is -0.368. The van der Waals surface area contributed by atoms with Crippen molar-refractivity contribution >= 4 is 12.0 Å². The van der Waals surface area contributed by atoms with Gasteiger partial charge in [0.05, 0.1) is 18.2 Å². The molecule has 1 fully saturated rings. The van der Waals surface area contributed by atoms with Gasteiger partial charge in [-0.25, -0.2) is 9.59 Å². The Morgan fingerprint density at radius 1 is 1.39 bits per heavy atom. The molecule has 0 spiro atoms. The molecule has 23 heavy (non-hydrogen) atoms. The van der Waals surface area contributed by atoms with E-state index in [-0.39, 0.29) is 23.5 Å². The summed E-state index contributed by atoms with van der Waals surface area (Å²) in [5, 5.41) is 9.03. The SMILES string of the molecule is CCOC(=O)C1=C(CN[C@@H]2CCCCC2(C)C)NC(=O)N[C@H]1C. The van der Waals surface area contributed by atoms with Crippen LogP contribution in [0.3, 0.4) is 0 Å². The highest BCUT2D eigenvalue weighted by atomic mass is 16.5. The van der Waals surface area contributed by atoms with Crippen LogP contribution < -0.4 is 16.0 Å². The molecule has 1 aliphatic carbocycles. The molecule has 0 aromatic carbocycles. The highest BCUT2D eigenvalue weighted by molar-refractivity contribution is 5.94. The molecule has 1 heterocycles. The van der Waals surface area contributed by atoms with Crippen LogP contribution in [0, 0.1) is 5.41 Å².